The van der Waals surface area contributed by atoms with Gasteiger partial charge in [0.2, 0.25) is 29.3 Å². The van der Waals surface area contributed by atoms with Gasteiger partial charge in [-0.1, -0.05) is 12.1 Å². The van der Waals surface area contributed by atoms with Crippen LogP contribution in [0.2, 0.25) is 0 Å². The summed E-state index contributed by atoms with van der Waals surface area (Å²) in [4.78, 5) is 134. The van der Waals surface area contributed by atoms with Crippen molar-refractivity contribution in [2.75, 3.05) is 10.6 Å². The molecule has 0 aliphatic carbocycles. The largest absolute Gasteiger partial charge is 0.498 e. The molecule has 12 rings (SSSR count). The molecule has 592 valence electrons. The highest BCUT2D eigenvalue weighted by molar-refractivity contribution is 9.10. The van der Waals surface area contributed by atoms with Crippen LogP contribution >= 0.6 is 31.9 Å². The number of carbonyl (C=O) groups is 4. The summed E-state index contributed by atoms with van der Waals surface area (Å²) in [5.41, 5.74) is -4.36. The second-order valence-electron chi connectivity index (χ2n) is 28.0. The molecule has 9 aromatic heterocycles. The summed E-state index contributed by atoms with van der Waals surface area (Å²) in [6, 6.07) is 9.55. The molecule has 0 aromatic carbocycles. The molecule has 0 atom stereocenters. The van der Waals surface area contributed by atoms with Crippen molar-refractivity contribution in [3.05, 3.63) is 154 Å². The number of aromatic nitrogens is 16. The maximum Gasteiger partial charge on any atom is 0.498 e. The van der Waals surface area contributed by atoms with Crippen LogP contribution in [0, 0.1) is 0 Å². The number of halogens is 11. The van der Waals surface area contributed by atoms with Crippen molar-refractivity contribution in [2.24, 2.45) is 14.1 Å². The van der Waals surface area contributed by atoms with E-state index in [9.17, 15) is 77.9 Å². The average Bonchev–Trinajstić information content (AvgIpc) is 1.67. The lowest BCUT2D eigenvalue weighted by Crippen LogP contribution is -2.41. The Kier molecular flexibility index (Phi) is 25.9. The SMILES string of the molecule is CC(=O)Cn1c(=O)c2c(ncn2CC(=O)Nc2cccc(-c3cnc(C(F)(F)F)nc3)n2)n(C)c1=O.CC(=O)Cn1c(=O)c2c(ncn2CC(=O)Nc2cccc(Br)n2)n(C)c1=O.CC1(C)OB(B2OC(C)(C)C(C)(C)O2)OC1(C)C.CC1(C)OB(c2cnc(C(F)(F)F)nc2)OC1(C)C.FC(F)(F)c1ncc(Br)cn1. The van der Waals surface area contributed by atoms with Gasteiger partial charge in [0.1, 0.15) is 40.9 Å². The Balaban J connectivity index is 0.000000183. The summed E-state index contributed by atoms with van der Waals surface area (Å²) in [6.07, 6.45) is -4.96. The number of alkyl halides is 9. The van der Waals surface area contributed by atoms with Crippen molar-refractivity contribution in [1.82, 2.24) is 77.2 Å². The van der Waals surface area contributed by atoms with Crippen molar-refractivity contribution in [1.29, 1.82) is 0 Å². The molecule has 3 aliphatic rings. The molecule has 0 spiro atoms. The Hall–Kier alpha value is -9.60. The number of carbonyl (C=O) groups excluding carboxylic acids is 4. The average molecular weight is 1690 g/mol. The number of rotatable bonds is 13. The topological polar surface area (TPSA) is 374 Å². The first kappa shape index (κ1) is 87.0. The summed E-state index contributed by atoms with van der Waals surface area (Å²) in [6.45, 7) is 24.8. The minimum absolute atomic E-state index is 0.0417. The lowest BCUT2D eigenvalue weighted by molar-refractivity contribution is -0.145. The Labute approximate surface area is 642 Å². The molecule has 46 heteroatoms. The van der Waals surface area contributed by atoms with Crippen LogP contribution in [-0.4, -0.2) is 155 Å². The molecular formula is C65H72B3Br2F9N18O14. The van der Waals surface area contributed by atoms with Gasteiger partial charge in [-0.05, 0) is 153 Å². The zero-order valence-corrected chi connectivity index (χ0v) is 65.3. The smallest absolute Gasteiger partial charge is 0.405 e. The number of ketones is 2. The first-order chi connectivity index (χ1) is 51.1. The number of anilines is 2. The molecule has 0 bridgehead atoms. The van der Waals surface area contributed by atoms with Crippen LogP contribution in [0.15, 0.2) is 114 Å². The molecule has 12 heterocycles. The minimum atomic E-state index is -4.68. The number of hydrogen-bond donors (Lipinski definition) is 2. The third-order valence-electron chi connectivity index (χ3n) is 17.9. The van der Waals surface area contributed by atoms with E-state index >= 15 is 0 Å². The van der Waals surface area contributed by atoms with E-state index in [0.29, 0.717) is 20.4 Å². The van der Waals surface area contributed by atoms with E-state index < -0.39 is 115 Å². The predicted octanol–water partition coefficient (Wildman–Crippen LogP) is 7.58. The molecule has 32 nitrogen and oxygen atoms in total. The highest BCUT2D eigenvalue weighted by atomic mass is 79.9. The van der Waals surface area contributed by atoms with Crippen LogP contribution in [0.1, 0.15) is 114 Å². The normalized spacial score (nSPS) is 16.5. The molecule has 0 unspecified atom stereocenters. The van der Waals surface area contributed by atoms with Crippen molar-refractivity contribution in [3.8, 4) is 11.3 Å². The molecule has 0 saturated carbocycles. The summed E-state index contributed by atoms with van der Waals surface area (Å²) < 4.78 is 153. The van der Waals surface area contributed by atoms with Gasteiger partial charge in [-0.25, -0.2) is 59.4 Å². The first-order valence-electron chi connectivity index (χ1n) is 33.0. The van der Waals surface area contributed by atoms with Crippen LogP contribution in [-0.2, 0) is 106 Å². The van der Waals surface area contributed by atoms with Gasteiger partial charge in [0.25, 0.3) is 11.1 Å². The number of pyridine rings is 2. The van der Waals surface area contributed by atoms with Gasteiger partial charge in [-0.15, -0.1) is 0 Å². The number of Topliss-reactive ketones (excluding diaryl/α,β-unsaturated/α-hetero) is 2. The number of nitrogens with zero attached hydrogens (tertiary/aromatic N) is 16. The Morgan fingerprint density at radius 1 is 0.459 bits per heavy atom. The molecule has 3 aliphatic heterocycles. The van der Waals surface area contributed by atoms with Gasteiger partial charge in [0, 0.05) is 62.3 Å². The Morgan fingerprint density at radius 3 is 1.14 bits per heavy atom. The summed E-state index contributed by atoms with van der Waals surface area (Å²) >= 11 is 6.14. The van der Waals surface area contributed by atoms with E-state index in [1.54, 1.807) is 18.2 Å². The fourth-order valence-corrected chi connectivity index (χ4v) is 10.6. The first-order valence-corrected chi connectivity index (χ1v) is 34.6. The Bertz CT molecular complexity index is 5130. The molecular weight excluding hydrogens is 1620 g/mol. The van der Waals surface area contributed by atoms with Gasteiger partial charge >= 0.3 is 51.0 Å². The predicted molar refractivity (Wildman–Crippen MR) is 389 cm³/mol. The van der Waals surface area contributed by atoms with Crippen molar-refractivity contribution in [3.63, 3.8) is 0 Å². The summed E-state index contributed by atoms with van der Waals surface area (Å²) in [7, 11) is 1.13. The second-order valence-corrected chi connectivity index (χ2v) is 29.7. The number of nitrogens with one attached hydrogen (secondary N) is 2. The lowest BCUT2D eigenvalue weighted by atomic mass is 9.49. The maximum absolute atomic E-state index is 12.9. The molecule has 2 N–H and O–H groups in total. The number of imidazole rings is 2. The zero-order chi connectivity index (χ0) is 82.9. The molecule has 111 heavy (non-hydrogen) atoms. The molecule has 3 fully saturated rings. The minimum Gasteiger partial charge on any atom is -0.405 e. The standard InChI is InChI=1S/C21H17F3N8O4.C16H15BrN6O4.C12H24B2O4.C11H14BF3N2O2.C5H2BrF3N2/c1-11(33)8-32-18(35)16-17(30(2)20(32)36)27-10-31(16)9-15(34)29-14-5-3-4-13(28-14)12-6-25-19(26-7-12)21(22,23)24;1-9(24)6-23-15(26)13-14(21(2)16(23)27)18-8-22(13)7-12(25)20-11-5-3-4-10(17)19-11;1-9(2)10(3,4)16-13(15-9)14-17-11(5,6)12(7,8)18-14;1-9(2)10(3,4)19-12(18-9)7-5-16-8(17-6-7)11(13,14)15;6-3-1-10-4(11-2-3)5(7,8)9/h3-7,10H,8-9H2,1-2H3,(H,28,29,34);3-5,8H,6-7H2,1-2H3,(H,19,20,25);1-8H3;5-6H,1-4H3;1-2H. The van der Waals surface area contributed by atoms with Crippen molar-refractivity contribution < 1.29 is 86.6 Å². The maximum atomic E-state index is 12.9. The highest BCUT2D eigenvalue weighted by Crippen LogP contribution is 2.43. The van der Waals surface area contributed by atoms with Gasteiger partial charge in [-0.2, -0.15) is 39.5 Å². The lowest BCUT2D eigenvalue weighted by Gasteiger charge is -2.32. The summed E-state index contributed by atoms with van der Waals surface area (Å²) in [5.74, 6) is -4.92. The van der Waals surface area contributed by atoms with E-state index in [4.69, 9.17) is 27.9 Å². The van der Waals surface area contributed by atoms with E-state index in [-0.39, 0.29) is 87.2 Å². The third kappa shape index (κ3) is 20.6. The fourth-order valence-electron chi connectivity index (χ4n) is 10.1. The van der Waals surface area contributed by atoms with Crippen LogP contribution < -0.4 is 38.6 Å². The van der Waals surface area contributed by atoms with Gasteiger partial charge in [0.05, 0.1) is 69.5 Å². The Morgan fingerprint density at radius 2 is 0.793 bits per heavy atom. The van der Waals surface area contributed by atoms with E-state index in [2.05, 4.69) is 92.3 Å². The molecule has 2 amide bonds. The van der Waals surface area contributed by atoms with Gasteiger partial charge in [0.15, 0.2) is 22.3 Å². The van der Waals surface area contributed by atoms with Crippen molar-refractivity contribution >= 4 is 116 Å². The number of fused-ring (bicyclic) bond motifs is 2. The van der Waals surface area contributed by atoms with E-state index in [0.717, 1.165) is 50.9 Å². The van der Waals surface area contributed by atoms with Crippen LogP contribution in [0.5, 0.6) is 0 Å². The monoisotopic (exact) mass is 1690 g/mol. The zero-order valence-electron chi connectivity index (χ0n) is 62.2. The van der Waals surface area contributed by atoms with Crippen LogP contribution in [0.3, 0.4) is 0 Å². The van der Waals surface area contributed by atoms with Crippen LogP contribution in [0.25, 0.3) is 33.6 Å². The molecule has 3 saturated heterocycles. The number of hydrogen-bond acceptors (Lipinski definition) is 24. The van der Waals surface area contributed by atoms with E-state index in [1.165, 1.54) is 72.5 Å². The third-order valence-corrected chi connectivity index (χ3v) is 18.7. The van der Waals surface area contributed by atoms with Gasteiger partial charge in [-0.3, -0.25) is 47.0 Å². The van der Waals surface area contributed by atoms with Crippen molar-refractivity contribution in [2.45, 2.75) is 175 Å². The van der Waals surface area contributed by atoms with Gasteiger partial charge < -0.3 is 47.7 Å². The van der Waals surface area contributed by atoms with E-state index in [1.807, 2.05) is 83.1 Å². The van der Waals surface area contributed by atoms with Crippen LogP contribution in [0.4, 0.5) is 51.1 Å². The summed E-state index contributed by atoms with van der Waals surface area (Å²) in [5, 5.41) is 5.15. The highest BCUT2D eigenvalue weighted by Gasteiger charge is 2.64. The molecule has 9 aromatic rings. The number of amides is 2. The second kappa shape index (κ2) is 33.0. The quantitative estimate of drug-likeness (QED) is 0.0638. The molecule has 0 radical (unpaired) electrons. The number of aryl methyl sites for hydroxylation is 2. The fraction of sp³-hybridized carbons (Fsp3) is 0.446.